The first kappa shape index (κ1) is 92.9. The number of rotatable bonds is 22. The fourth-order valence-corrected chi connectivity index (χ4v) is 24.2. The zero-order chi connectivity index (χ0) is 85.8. The fraction of sp³-hybridized carbons (Fsp3) is 0.579. The Labute approximate surface area is 731 Å². The molecule has 0 aromatic heterocycles. The standard InChI is InChI=1S/C30H40F2.C29H38F2.C28H36F2.C27H34F2/c1-3-4-5-6-22-7-9-23(10-8-22)24-11-13-25(14-12-24)26-15-17-27(18-16-26)28-19-29(31)21(2)30(32)20-28;1-3-4-5-21-6-8-22(9-7-21)23-10-12-24(13-11-23)25-14-16-26(17-15-25)27-18-28(30)20(2)29(31)19-27;1-3-4-20-5-7-21(8-6-20)22-9-11-23(12-10-22)24-13-15-25(16-14-24)26-17-27(29)19(2)28(30)18-26;1-3-19-4-6-20(7-5-19)21-8-10-22(11-9-21)23-12-14-24(15-13-23)25-16-26(28)18(2)27(29)17-25/h15-20,22-25H,3-14H2,1-2H3;14-19,21-24H,3-13H2,1-2H3;13-18,20-23H,3-12H2,1-2H3;12-17,19-22H,3-11H2,1-2H3. The number of halogens is 8. The van der Waals surface area contributed by atoms with Crippen molar-refractivity contribution in [2.24, 2.45) is 71.0 Å². The van der Waals surface area contributed by atoms with Gasteiger partial charge in [-0.25, -0.2) is 35.1 Å². The van der Waals surface area contributed by atoms with Crippen LogP contribution in [0.4, 0.5) is 35.1 Å². The molecule has 0 saturated heterocycles. The normalized spacial score (nSPS) is 27.0. The molecule has 8 aliphatic carbocycles. The highest BCUT2D eigenvalue weighted by atomic mass is 19.2. The Kier molecular flexibility index (Phi) is 34.7. The largest absolute Gasteiger partial charge is 0.207 e. The monoisotopic (exact) mass is 1670 g/mol. The molecule has 0 spiro atoms. The first-order chi connectivity index (χ1) is 59.2. The molecule has 8 saturated carbocycles. The summed E-state index contributed by atoms with van der Waals surface area (Å²) in [6.07, 6.45) is 58.5. The summed E-state index contributed by atoms with van der Waals surface area (Å²) >= 11 is 0. The van der Waals surface area contributed by atoms with Gasteiger partial charge < -0.3 is 0 Å². The zero-order valence-corrected chi connectivity index (χ0v) is 75.8. The molecular formula is C114H148F8. The van der Waals surface area contributed by atoms with E-state index in [0.717, 1.165) is 93.3 Å². The first-order valence-corrected chi connectivity index (χ1v) is 49.4. The molecule has 0 N–H and O–H groups in total. The second-order valence-corrected chi connectivity index (χ2v) is 40.2. The summed E-state index contributed by atoms with van der Waals surface area (Å²) in [6, 6.07) is 45.1. The summed E-state index contributed by atoms with van der Waals surface area (Å²) in [5.41, 5.74) is 11.9. The lowest BCUT2D eigenvalue weighted by molar-refractivity contribution is 0.155. The van der Waals surface area contributed by atoms with Crippen LogP contribution >= 0.6 is 0 Å². The molecule has 0 atom stereocenters. The van der Waals surface area contributed by atoms with Crippen LogP contribution in [0.1, 0.15) is 366 Å². The van der Waals surface area contributed by atoms with E-state index in [1.54, 1.807) is 0 Å². The molecule has 660 valence electrons. The molecule has 16 rings (SSSR count). The maximum absolute atomic E-state index is 13.9. The molecule has 8 aliphatic rings. The minimum absolute atomic E-state index is 0.0883. The predicted molar refractivity (Wildman–Crippen MR) is 496 cm³/mol. The van der Waals surface area contributed by atoms with Crippen LogP contribution in [-0.4, -0.2) is 0 Å². The summed E-state index contributed by atoms with van der Waals surface area (Å²) in [5, 5.41) is 0. The summed E-state index contributed by atoms with van der Waals surface area (Å²) in [7, 11) is 0. The molecule has 0 bridgehead atoms. The van der Waals surface area contributed by atoms with E-state index in [9.17, 15) is 35.1 Å². The third-order valence-electron chi connectivity index (χ3n) is 32.8. The second-order valence-electron chi connectivity index (χ2n) is 40.2. The smallest absolute Gasteiger partial charge is 0.129 e. The molecule has 122 heavy (non-hydrogen) atoms. The Hall–Kier alpha value is -6.80. The van der Waals surface area contributed by atoms with Crippen LogP contribution in [0, 0.1) is 145 Å². The molecule has 0 nitrogen and oxygen atoms in total. The van der Waals surface area contributed by atoms with E-state index in [0.29, 0.717) is 45.9 Å². The van der Waals surface area contributed by atoms with Gasteiger partial charge in [0.05, 0.1) is 0 Å². The maximum Gasteiger partial charge on any atom is 0.129 e. The van der Waals surface area contributed by atoms with Gasteiger partial charge in [-0.05, 0) is 392 Å². The molecule has 0 heterocycles. The first-order valence-electron chi connectivity index (χ1n) is 49.4. The van der Waals surface area contributed by atoms with E-state index >= 15 is 0 Å². The van der Waals surface area contributed by atoms with Gasteiger partial charge in [0.2, 0.25) is 0 Å². The minimum atomic E-state index is -0.477. The van der Waals surface area contributed by atoms with Gasteiger partial charge in [-0.15, -0.1) is 0 Å². The summed E-state index contributed by atoms with van der Waals surface area (Å²) in [4.78, 5) is 0. The van der Waals surface area contributed by atoms with Crippen molar-refractivity contribution in [3.05, 3.63) is 237 Å². The van der Waals surface area contributed by atoms with Gasteiger partial charge in [0.15, 0.2) is 0 Å². The molecule has 0 amide bonds. The van der Waals surface area contributed by atoms with Gasteiger partial charge in [-0.1, -0.05) is 240 Å². The summed E-state index contributed by atoms with van der Waals surface area (Å²) in [6.45, 7) is 15.2. The predicted octanol–water partition coefficient (Wildman–Crippen LogP) is 36.1. The van der Waals surface area contributed by atoms with Crippen LogP contribution in [0.3, 0.4) is 0 Å². The Morgan fingerprint density at radius 1 is 0.197 bits per heavy atom. The molecule has 0 aliphatic heterocycles. The van der Waals surface area contributed by atoms with E-state index < -0.39 is 46.5 Å². The van der Waals surface area contributed by atoms with Crippen molar-refractivity contribution in [1.82, 2.24) is 0 Å². The average Bonchev–Trinajstić information content (AvgIpc) is 0.805. The second kappa shape index (κ2) is 45.6. The molecular weight excluding hydrogens is 1520 g/mol. The Bertz CT molecular complexity index is 4380. The van der Waals surface area contributed by atoms with Gasteiger partial charge in [0.25, 0.3) is 0 Å². The van der Waals surface area contributed by atoms with E-state index in [-0.39, 0.29) is 22.3 Å². The minimum Gasteiger partial charge on any atom is -0.207 e. The maximum atomic E-state index is 13.9. The quantitative estimate of drug-likeness (QED) is 0.0469. The molecule has 8 aromatic carbocycles. The van der Waals surface area contributed by atoms with E-state index in [1.165, 1.54) is 368 Å². The van der Waals surface area contributed by atoms with Crippen molar-refractivity contribution in [1.29, 1.82) is 0 Å². The summed E-state index contributed by atoms with van der Waals surface area (Å²) < 4.78 is 111. The lowest BCUT2D eigenvalue weighted by Gasteiger charge is -2.38. The van der Waals surface area contributed by atoms with Crippen LogP contribution in [0.5, 0.6) is 0 Å². The number of benzene rings is 8. The Morgan fingerprint density at radius 2 is 0.385 bits per heavy atom. The molecule has 8 heteroatoms. The van der Waals surface area contributed by atoms with Gasteiger partial charge in [0.1, 0.15) is 46.5 Å². The highest BCUT2D eigenvalue weighted by molar-refractivity contribution is 5.68. The van der Waals surface area contributed by atoms with Crippen molar-refractivity contribution in [2.45, 2.75) is 349 Å². The lowest BCUT2D eigenvalue weighted by Crippen LogP contribution is -2.25. The zero-order valence-electron chi connectivity index (χ0n) is 75.8. The Morgan fingerprint density at radius 3 is 0.582 bits per heavy atom. The third kappa shape index (κ3) is 24.9. The van der Waals surface area contributed by atoms with E-state index in [4.69, 9.17) is 0 Å². The molecule has 8 aromatic rings. The topological polar surface area (TPSA) is 0 Å². The van der Waals surface area contributed by atoms with Crippen molar-refractivity contribution in [3.63, 3.8) is 0 Å². The van der Waals surface area contributed by atoms with Crippen molar-refractivity contribution < 1.29 is 35.1 Å². The number of unbranched alkanes of at least 4 members (excludes halogenated alkanes) is 3. The van der Waals surface area contributed by atoms with Crippen LogP contribution in [0.25, 0.3) is 44.5 Å². The van der Waals surface area contributed by atoms with Gasteiger partial charge >= 0.3 is 0 Å². The van der Waals surface area contributed by atoms with Gasteiger partial charge in [0, 0.05) is 22.3 Å². The van der Waals surface area contributed by atoms with Crippen molar-refractivity contribution >= 4 is 0 Å². The van der Waals surface area contributed by atoms with Crippen molar-refractivity contribution in [2.75, 3.05) is 0 Å². The molecule has 0 unspecified atom stereocenters. The van der Waals surface area contributed by atoms with Crippen LogP contribution < -0.4 is 0 Å². The number of hydrogen-bond donors (Lipinski definition) is 0. The van der Waals surface area contributed by atoms with Crippen molar-refractivity contribution in [3.8, 4) is 44.5 Å². The highest BCUT2D eigenvalue weighted by Gasteiger charge is 2.37. The third-order valence-corrected chi connectivity index (χ3v) is 32.8. The molecule has 0 radical (unpaired) electrons. The van der Waals surface area contributed by atoms with Gasteiger partial charge in [-0.3, -0.25) is 0 Å². The SMILES string of the molecule is CCC1CCC(C2CCC(c3ccc(-c4cc(F)c(C)c(F)c4)cc3)CC2)CC1.CCCC1CCC(C2CCC(c3ccc(-c4cc(F)c(C)c(F)c4)cc3)CC2)CC1.CCCCC1CCC(C2CCC(c3ccc(-c4cc(F)c(C)c(F)c4)cc3)CC2)CC1.CCCCCC1CCC(C2CCC(c3ccc(-c4cc(F)c(C)c(F)c4)cc3)CC2)CC1. The fourth-order valence-electron chi connectivity index (χ4n) is 24.2. The Balaban J connectivity index is 0.000000140. The van der Waals surface area contributed by atoms with Crippen LogP contribution in [-0.2, 0) is 0 Å². The molecule has 8 fully saturated rings. The van der Waals surface area contributed by atoms with E-state index in [2.05, 4.69) is 76.2 Å². The highest BCUT2D eigenvalue weighted by Crippen LogP contribution is 2.51. The van der Waals surface area contributed by atoms with Gasteiger partial charge in [-0.2, -0.15) is 0 Å². The van der Waals surface area contributed by atoms with Crippen LogP contribution in [0.15, 0.2) is 146 Å². The average molecular weight is 1670 g/mol. The summed E-state index contributed by atoms with van der Waals surface area (Å²) in [5.74, 6) is 10.3. The van der Waals surface area contributed by atoms with Crippen LogP contribution in [0.2, 0.25) is 0 Å². The number of hydrogen-bond acceptors (Lipinski definition) is 0. The lowest BCUT2D eigenvalue weighted by atomic mass is 9.68. The van der Waals surface area contributed by atoms with E-state index in [1.807, 2.05) is 48.5 Å².